The third kappa shape index (κ3) is 7.74. The third-order valence-electron chi connectivity index (χ3n) is 4.24. The number of ether oxygens (including phenoxy) is 2. The predicted molar refractivity (Wildman–Crippen MR) is 118 cm³/mol. The lowest BCUT2D eigenvalue weighted by atomic mass is 10.1. The van der Waals surface area contributed by atoms with Gasteiger partial charge in [-0.1, -0.05) is 12.1 Å². The van der Waals surface area contributed by atoms with Crippen LogP contribution in [-0.2, 0) is 22.5 Å². The first kappa shape index (κ1) is 26.6. The molecule has 0 radical (unpaired) electrons. The minimum atomic E-state index is -5.08. The van der Waals surface area contributed by atoms with Gasteiger partial charge in [0.15, 0.2) is 11.5 Å². The minimum Gasteiger partial charge on any atom is -0.755 e. The predicted octanol–water partition coefficient (Wildman–Crippen LogP) is 3.14. The Balaban J connectivity index is 0.000000509. The summed E-state index contributed by atoms with van der Waals surface area (Å²) in [4.78, 5) is 17.5. The molecule has 184 valence electrons. The molecule has 0 aliphatic heterocycles. The zero-order valence-corrected chi connectivity index (χ0v) is 18.7. The van der Waals surface area contributed by atoms with Gasteiger partial charge in [0, 0.05) is 35.0 Å². The summed E-state index contributed by atoms with van der Waals surface area (Å²) in [7, 11) is 3.17. The van der Waals surface area contributed by atoms with Crippen LogP contribution in [0.25, 0.3) is 10.9 Å². The number of alkyl halides is 3. The Kier molecular flexibility index (Phi) is 9.38. The number of rotatable bonds is 8. The molecule has 0 bridgehead atoms. The van der Waals surface area contributed by atoms with Gasteiger partial charge in [-0.15, -0.1) is 0 Å². The Labute approximate surface area is 194 Å². The fourth-order valence-electron chi connectivity index (χ4n) is 2.68. The van der Waals surface area contributed by atoms with Crippen LogP contribution in [0.4, 0.5) is 24.7 Å². The summed E-state index contributed by atoms with van der Waals surface area (Å²) in [5.74, 6) is -0.822. The standard InChI is InChI=1S/C18H20N4O4S.C2HF3O2/c1-25-16-9-14-15(10-17(16)26-2)20-11-21-18(14)19-8-7-12-3-5-13(6-4-12)22-27(23)24;3-2(4,5)1(6)7/h3-6,9-11,22H,7-8H2,1-2H3,(H,23,24)(H,19,20,21);(H,6,7)/p-1. The lowest BCUT2D eigenvalue weighted by molar-refractivity contribution is -0.192. The molecule has 0 amide bonds. The number of nitrogens with zero attached hydrogens (tertiary/aromatic N) is 2. The average Bonchev–Trinajstić information content (AvgIpc) is 2.78. The van der Waals surface area contributed by atoms with Gasteiger partial charge in [-0.2, -0.15) is 13.2 Å². The number of nitrogens with one attached hydrogen (secondary N) is 2. The number of benzene rings is 2. The summed E-state index contributed by atoms with van der Waals surface area (Å²) in [6.45, 7) is 0.653. The molecule has 0 saturated heterocycles. The van der Waals surface area contributed by atoms with Crippen molar-refractivity contribution >= 4 is 39.6 Å². The molecule has 14 heteroatoms. The number of aromatic nitrogens is 2. The number of aliphatic carboxylic acids is 1. The summed E-state index contributed by atoms with van der Waals surface area (Å²) in [6.07, 6.45) is -2.83. The highest BCUT2D eigenvalue weighted by Crippen LogP contribution is 2.33. The van der Waals surface area contributed by atoms with Crippen molar-refractivity contribution in [3.63, 3.8) is 0 Å². The zero-order chi connectivity index (χ0) is 25.3. The number of carboxylic acids is 1. The zero-order valence-electron chi connectivity index (χ0n) is 17.9. The maximum absolute atomic E-state index is 10.6. The lowest BCUT2D eigenvalue weighted by Crippen LogP contribution is -2.21. The van der Waals surface area contributed by atoms with Gasteiger partial charge in [0.05, 0.1) is 19.7 Å². The SMILES string of the molecule is COc1cc2ncnc(NCCc3ccc(NS(=O)[O-])cc3)c2cc1OC.O=C(O)C(F)(F)F. The van der Waals surface area contributed by atoms with Gasteiger partial charge < -0.3 is 29.2 Å². The summed E-state index contributed by atoms with van der Waals surface area (Å²) in [6, 6.07) is 10.9. The molecular weight excluding hydrogens is 481 g/mol. The molecule has 0 aliphatic carbocycles. The van der Waals surface area contributed by atoms with E-state index in [-0.39, 0.29) is 0 Å². The van der Waals surface area contributed by atoms with Gasteiger partial charge >= 0.3 is 12.1 Å². The van der Waals surface area contributed by atoms with Crippen molar-refractivity contribution in [2.45, 2.75) is 12.6 Å². The highest BCUT2D eigenvalue weighted by atomic mass is 32.2. The molecule has 34 heavy (non-hydrogen) atoms. The topological polar surface area (TPSA) is 146 Å². The number of carbonyl (C=O) groups is 1. The van der Waals surface area contributed by atoms with E-state index in [0.717, 1.165) is 22.9 Å². The van der Waals surface area contributed by atoms with Crippen LogP contribution >= 0.6 is 0 Å². The van der Waals surface area contributed by atoms with Gasteiger partial charge in [0.2, 0.25) is 0 Å². The quantitative estimate of drug-likeness (QED) is 0.396. The number of halogens is 3. The van der Waals surface area contributed by atoms with Crippen LogP contribution in [0.3, 0.4) is 0 Å². The summed E-state index contributed by atoms with van der Waals surface area (Å²) in [5, 5.41) is 11.3. The van der Waals surface area contributed by atoms with Crippen molar-refractivity contribution in [3.05, 3.63) is 48.3 Å². The average molecular weight is 501 g/mol. The van der Waals surface area contributed by atoms with E-state index in [9.17, 15) is 21.9 Å². The lowest BCUT2D eigenvalue weighted by Gasteiger charge is -2.12. The van der Waals surface area contributed by atoms with Crippen molar-refractivity contribution in [3.8, 4) is 11.5 Å². The number of fused-ring (bicyclic) bond motifs is 1. The Bertz CT molecular complexity index is 1150. The first-order valence-corrected chi connectivity index (χ1v) is 10.5. The van der Waals surface area contributed by atoms with Gasteiger partial charge in [-0.3, -0.25) is 4.21 Å². The molecular formula is C20H20F3N4O6S-. The van der Waals surface area contributed by atoms with Gasteiger partial charge in [-0.25, -0.2) is 14.8 Å². The fraction of sp³-hybridized carbons (Fsp3) is 0.250. The molecule has 1 aromatic heterocycles. The molecule has 1 heterocycles. The van der Waals surface area contributed by atoms with E-state index < -0.39 is 23.4 Å². The molecule has 1 atom stereocenters. The second-order valence-corrected chi connectivity index (χ2v) is 7.13. The molecule has 0 fully saturated rings. The molecule has 0 spiro atoms. The highest BCUT2D eigenvalue weighted by Gasteiger charge is 2.38. The van der Waals surface area contributed by atoms with Gasteiger partial charge in [0.1, 0.15) is 12.1 Å². The Morgan fingerprint density at radius 3 is 2.24 bits per heavy atom. The molecule has 2 aromatic carbocycles. The Morgan fingerprint density at radius 2 is 1.71 bits per heavy atom. The van der Waals surface area contributed by atoms with Crippen molar-refractivity contribution in [1.29, 1.82) is 0 Å². The van der Waals surface area contributed by atoms with E-state index in [1.165, 1.54) is 6.33 Å². The van der Waals surface area contributed by atoms with E-state index in [2.05, 4.69) is 20.0 Å². The number of hydrogen-bond donors (Lipinski definition) is 3. The van der Waals surface area contributed by atoms with Crippen LogP contribution in [0.2, 0.25) is 0 Å². The molecule has 3 N–H and O–H groups in total. The van der Waals surface area contributed by atoms with E-state index >= 15 is 0 Å². The monoisotopic (exact) mass is 501 g/mol. The van der Waals surface area contributed by atoms with E-state index in [1.807, 2.05) is 24.3 Å². The number of anilines is 2. The van der Waals surface area contributed by atoms with Gasteiger partial charge in [-0.05, 0) is 30.2 Å². The normalized spacial score (nSPS) is 11.7. The minimum absolute atomic E-state index is 0.530. The highest BCUT2D eigenvalue weighted by molar-refractivity contribution is 7.80. The Morgan fingerprint density at radius 1 is 1.12 bits per heavy atom. The molecule has 1 unspecified atom stereocenters. The Hall–Kier alpha value is -3.65. The number of hydrogen-bond acceptors (Lipinski definition) is 8. The first-order valence-electron chi connectivity index (χ1n) is 9.40. The van der Waals surface area contributed by atoms with Crippen LogP contribution < -0.4 is 19.5 Å². The van der Waals surface area contributed by atoms with E-state index in [4.69, 9.17) is 19.4 Å². The summed E-state index contributed by atoms with van der Waals surface area (Å²) < 4.78 is 66.0. The molecule has 3 rings (SSSR count). The molecule has 10 nitrogen and oxygen atoms in total. The van der Waals surface area contributed by atoms with E-state index in [0.29, 0.717) is 29.5 Å². The summed E-state index contributed by atoms with van der Waals surface area (Å²) in [5.41, 5.74) is 2.36. The largest absolute Gasteiger partial charge is 0.755 e. The molecule has 3 aromatic rings. The summed E-state index contributed by atoms with van der Waals surface area (Å²) >= 11 is -2.32. The van der Waals surface area contributed by atoms with Crippen molar-refractivity contribution in [2.75, 3.05) is 30.8 Å². The number of carboxylic acid groups (broad SMARTS) is 1. The van der Waals surface area contributed by atoms with Crippen molar-refractivity contribution < 1.29 is 41.3 Å². The second-order valence-electron chi connectivity index (χ2n) is 6.46. The van der Waals surface area contributed by atoms with Crippen LogP contribution in [0.15, 0.2) is 42.7 Å². The van der Waals surface area contributed by atoms with Crippen molar-refractivity contribution in [2.24, 2.45) is 0 Å². The van der Waals surface area contributed by atoms with E-state index in [1.54, 1.807) is 26.4 Å². The fourth-order valence-corrected chi connectivity index (χ4v) is 3.01. The smallest absolute Gasteiger partial charge is 0.490 e. The third-order valence-corrected chi connectivity index (χ3v) is 4.65. The maximum atomic E-state index is 10.6. The first-order chi connectivity index (χ1) is 16.0. The molecule has 0 saturated carbocycles. The maximum Gasteiger partial charge on any atom is 0.490 e. The van der Waals surface area contributed by atoms with Crippen LogP contribution in [0.1, 0.15) is 5.56 Å². The van der Waals surface area contributed by atoms with Crippen LogP contribution in [0.5, 0.6) is 11.5 Å². The molecule has 0 aliphatic rings. The van der Waals surface area contributed by atoms with Crippen molar-refractivity contribution in [1.82, 2.24) is 9.97 Å². The van der Waals surface area contributed by atoms with Crippen LogP contribution in [-0.4, -0.2) is 56.7 Å². The van der Waals surface area contributed by atoms with Gasteiger partial charge in [0.25, 0.3) is 0 Å². The number of methoxy groups -OCH3 is 2. The second kappa shape index (κ2) is 12.0. The van der Waals surface area contributed by atoms with Crippen LogP contribution in [0, 0.1) is 0 Å².